The van der Waals surface area contributed by atoms with E-state index in [-0.39, 0.29) is 11.2 Å². The predicted octanol–water partition coefficient (Wildman–Crippen LogP) is 0.857. The zero-order valence-electron chi connectivity index (χ0n) is 7.59. The molecule has 4 rings (SSSR count). The van der Waals surface area contributed by atoms with E-state index in [4.69, 9.17) is 9.31 Å². The van der Waals surface area contributed by atoms with Crippen LogP contribution in [0.4, 0.5) is 0 Å². The lowest BCUT2D eigenvalue weighted by molar-refractivity contribution is -0.429. The minimum Gasteiger partial charge on any atom is -0.405 e. The van der Waals surface area contributed by atoms with Crippen molar-refractivity contribution in [1.82, 2.24) is 0 Å². The highest BCUT2D eigenvalue weighted by atomic mass is 16.7. The standard InChI is InChI=1S/C9H13BO2/c1-7-5-3-6(7)8(2)9(7,4-5)12-10-11-8/h5-6,10H,3-4H2,1-2H3/t5?,6?,7?,8-,9?/m0/s1. The fourth-order valence-corrected chi connectivity index (χ4v) is 4.81. The molecule has 5 atom stereocenters. The monoisotopic (exact) mass is 164 g/mol. The summed E-state index contributed by atoms with van der Waals surface area (Å²) in [6.07, 6.45) is 2.65. The summed E-state index contributed by atoms with van der Waals surface area (Å²) in [5, 5.41) is 0. The molecule has 3 heteroatoms. The molecule has 0 aromatic rings. The van der Waals surface area contributed by atoms with E-state index in [0.717, 1.165) is 11.8 Å². The van der Waals surface area contributed by atoms with E-state index in [1.807, 2.05) is 0 Å². The SMILES string of the molecule is CC12C3CC1[C@]1(C)OBOC21C3. The van der Waals surface area contributed by atoms with Crippen LogP contribution in [0.3, 0.4) is 0 Å². The Hall–Kier alpha value is -0.0151. The second-order valence-electron chi connectivity index (χ2n) is 5.31. The molecule has 0 radical (unpaired) electrons. The molecule has 1 heterocycles. The molecule has 3 saturated carbocycles. The van der Waals surface area contributed by atoms with Gasteiger partial charge in [-0.15, -0.1) is 0 Å². The van der Waals surface area contributed by atoms with Gasteiger partial charge in [0.05, 0.1) is 11.2 Å². The molecular formula is C9H13BO2. The van der Waals surface area contributed by atoms with Gasteiger partial charge in [-0.25, -0.2) is 0 Å². The maximum Gasteiger partial charge on any atom is 0.439 e. The van der Waals surface area contributed by atoms with Crippen molar-refractivity contribution in [2.45, 2.75) is 37.9 Å². The zero-order chi connectivity index (χ0) is 8.19. The van der Waals surface area contributed by atoms with Crippen LogP contribution in [0.25, 0.3) is 0 Å². The molecule has 3 aliphatic carbocycles. The van der Waals surface area contributed by atoms with Crippen LogP contribution in [0.5, 0.6) is 0 Å². The van der Waals surface area contributed by atoms with Crippen molar-refractivity contribution >= 4 is 7.69 Å². The first-order valence-corrected chi connectivity index (χ1v) is 4.93. The van der Waals surface area contributed by atoms with Crippen molar-refractivity contribution in [3.05, 3.63) is 0 Å². The summed E-state index contributed by atoms with van der Waals surface area (Å²) in [6.45, 7) is 4.65. The molecule has 0 N–H and O–H groups in total. The summed E-state index contributed by atoms with van der Waals surface area (Å²) in [6, 6.07) is 0. The Bertz CT molecular complexity index is 294. The van der Waals surface area contributed by atoms with Gasteiger partial charge in [-0.05, 0) is 31.6 Å². The van der Waals surface area contributed by atoms with Gasteiger partial charge in [0.15, 0.2) is 0 Å². The fraction of sp³-hybridized carbons (Fsp3) is 1.00. The average molecular weight is 164 g/mol. The van der Waals surface area contributed by atoms with Crippen molar-refractivity contribution in [2.75, 3.05) is 0 Å². The first-order chi connectivity index (χ1) is 5.65. The smallest absolute Gasteiger partial charge is 0.405 e. The molecule has 4 unspecified atom stereocenters. The van der Waals surface area contributed by atoms with Crippen molar-refractivity contribution in [2.24, 2.45) is 17.3 Å². The van der Waals surface area contributed by atoms with Gasteiger partial charge in [0.1, 0.15) is 0 Å². The molecule has 4 fully saturated rings. The summed E-state index contributed by atoms with van der Waals surface area (Å²) < 4.78 is 11.6. The van der Waals surface area contributed by atoms with E-state index in [2.05, 4.69) is 13.8 Å². The Balaban J connectivity index is 1.91. The van der Waals surface area contributed by atoms with Crippen LogP contribution in [0.15, 0.2) is 0 Å². The second-order valence-corrected chi connectivity index (χ2v) is 5.31. The van der Waals surface area contributed by atoms with Crippen LogP contribution < -0.4 is 0 Å². The first kappa shape index (κ1) is 6.44. The number of fused-ring (bicyclic) bond motifs is 1. The maximum atomic E-state index is 5.82. The molecular weight excluding hydrogens is 151 g/mol. The number of hydrogen-bond donors (Lipinski definition) is 0. The summed E-state index contributed by atoms with van der Waals surface area (Å²) >= 11 is 0. The third kappa shape index (κ3) is 0.287. The molecule has 1 saturated heterocycles. The number of hydrogen-bond acceptors (Lipinski definition) is 2. The molecule has 0 aromatic carbocycles. The average Bonchev–Trinajstić information content (AvgIpc) is 2.41. The highest BCUT2D eigenvalue weighted by molar-refractivity contribution is 6.20. The molecule has 2 nitrogen and oxygen atoms in total. The van der Waals surface area contributed by atoms with Gasteiger partial charge in [0.25, 0.3) is 0 Å². The third-order valence-corrected chi connectivity index (χ3v) is 5.63. The van der Waals surface area contributed by atoms with Gasteiger partial charge in [-0.2, -0.15) is 0 Å². The predicted molar refractivity (Wildman–Crippen MR) is 44.8 cm³/mol. The van der Waals surface area contributed by atoms with E-state index in [9.17, 15) is 0 Å². The largest absolute Gasteiger partial charge is 0.439 e. The number of rotatable bonds is 0. The van der Waals surface area contributed by atoms with E-state index in [0.29, 0.717) is 13.1 Å². The van der Waals surface area contributed by atoms with Crippen LogP contribution in [0.2, 0.25) is 0 Å². The van der Waals surface area contributed by atoms with Gasteiger partial charge >= 0.3 is 7.69 Å². The maximum absolute atomic E-state index is 5.82. The lowest BCUT2D eigenvalue weighted by atomic mass is 9.21. The van der Waals surface area contributed by atoms with Crippen LogP contribution in [0.1, 0.15) is 26.7 Å². The van der Waals surface area contributed by atoms with Crippen molar-refractivity contribution < 1.29 is 9.31 Å². The van der Waals surface area contributed by atoms with Gasteiger partial charge in [-0.1, -0.05) is 6.92 Å². The van der Waals surface area contributed by atoms with Crippen LogP contribution >= 0.6 is 0 Å². The van der Waals surface area contributed by atoms with Gasteiger partial charge in [0, 0.05) is 5.41 Å². The van der Waals surface area contributed by atoms with E-state index in [1.54, 1.807) is 0 Å². The Labute approximate surface area is 72.9 Å². The molecule has 0 aromatic heterocycles. The lowest BCUT2D eigenvalue weighted by Gasteiger charge is -2.87. The Morgan fingerprint density at radius 1 is 1.33 bits per heavy atom. The van der Waals surface area contributed by atoms with Crippen molar-refractivity contribution in [1.29, 1.82) is 0 Å². The summed E-state index contributed by atoms with van der Waals surface area (Å²) in [4.78, 5) is 0. The molecule has 0 bridgehead atoms. The molecule has 0 amide bonds. The van der Waals surface area contributed by atoms with E-state index >= 15 is 0 Å². The second kappa shape index (κ2) is 1.30. The molecule has 1 aliphatic heterocycles. The third-order valence-electron chi connectivity index (χ3n) is 5.63. The summed E-state index contributed by atoms with van der Waals surface area (Å²) in [5.41, 5.74) is 0.752. The van der Waals surface area contributed by atoms with Crippen LogP contribution in [-0.2, 0) is 9.31 Å². The summed E-state index contributed by atoms with van der Waals surface area (Å²) in [7, 11) is 0.537. The normalized spacial score (nSPS) is 75.8. The molecule has 64 valence electrons. The van der Waals surface area contributed by atoms with Crippen LogP contribution in [0, 0.1) is 17.3 Å². The Kier molecular flexibility index (Phi) is 0.700. The topological polar surface area (TPSA) is 18.5 Å². The Morgan fingerprint density at radius 2 is 2.17 bits per heavy atom. The summed E-state index contributed by atoms with van der Waals surface area (Å²) in [5.74, 6) is 1.75. The van der Waals surface area contributed by atoms with Gasteiger partial charge in [-0.3, -0.25) is 0 Å². The highest BCUT2D eigenvalue weighted by Crippen LogP contribution is 2.87. The quantitative estimate of drug-likeness (QED) is 0.494. The minimum absolute atomic E-state index is 0.0938. The van der Waals surface area contributed by atoms with E-state index in [1.165, 1.54) is 12.8 Å². The van der Waals surface area contributed by atoms with Crippen molar-refractivity contribution in [3.63, 3.8) is 0 Å². The zero-order valence-corrected chi connectivity index (χ0v) is 7.59. The fourth-order valence-electron chi connectivity index (χ4n) is 4.81. The molecule has 12 heavy (non-hydrogen) atoms. The lowest BCUT2D eigenvalue weighted by Crippen LogP contribution is -2.92. The molecule has 1 spiro atoms. The highest BCUT2D eigenvalue weighted by Gasteiger charge is 2.92. The minimum atomic E-state index is 0.0938. The van der Waals surface area contributed by atoms with Gasteiger partial charge in [0.2, 0.25) is 0 Å². The van der Waals surface area contributed by atoms with E-state index < -0.39 is 0 Å². The van der Waals surface area contributed by atoms with Crippen molar-refractivity contribution in [3.8, 4) is 0 Å². The van der Waals surface area contributed by atoms with Gasteiger partial charge < -0.3 is 9.31 Å². The Morgan fingerprint density at radius 3 is 2.75 bits per heavy atom. The van der Waals surface area contributed by atoms with Crippen LogP contribution in [-0.4, -0.2) is 18.9 Å². The first-order valence-electron chi connectivity index (χ1n) is 4.93. The molecule has 4 aliphatic rings.